The van der Waals surface area contributed by atoms with Gasteiger partial charge in [0.25, 0.3) is 0 Å². The van der Waals surface area contributed by atoms with E-state index < -0.39 is 0 Å². The summed E-state index contributed by atoms with van der Waals surface area (Å²) in [5.41, 5.74) is 5.77. The van der Waals surface area contributed by atoms with E-state index in [-0.39, 0.29) is 0 Å². The van der Waals surface area contributed by atoms with Crippen molar-refractivity contribution in [3.63, 3.8) is 0 Å². The number of aromatic nitrogens is 3. The molecule has 5 heteroatoms. The Morgan fingerprint density at radius 2 is 2.17 bits per heavy atom. The zero-order chi connectivity index (χ0) is 12.4. The van der Waals surface area contributed by atoms with E-state index in [1.165, 1.54) is 25.7 Å². The van der Waals surface area contributed by atoms with Gasteiger partial charge in [-0.15, -0.1) is 10.2 Å². The molecule has 1 fully saturated rings. The van der Waals surface area contributed by atoms with Crippen LogP contribution >= 0.6 is 0 Å². The SMILES string of the molecule is NCC1CCCC1OCc1nnc2n1CCCC2. The van der Waals surface area contributed by atoms with Crippen LogP contribution in [0.1, 0.15) is 43.8 Å². The van der Waals surface area contributed by atoms with Crippen molar-refractivity contribution in [2.45, 2.75) is 57.8 Å². The summed E-state index contributed by atoms with van der Waals surface area (Å²) >= 11 is 0. The highest BCUT2D eigenvalue weighted by Gasteiger charge is 2.27. The molecule has 1 aliphatic carbocycles. The van der Waals surface area contributed by atoms with E-state index in [0.29, 0.717) is 18.6 Å². The highest BCUT2D eigenvalue weighted by atomic mass is 16.5. The Morgan fingerprint density at radius 3 is 3.06 bits per heavy atom. The molecule has 0 saturated heterocycles. The number of ether oxygens (including phenoxy) is 1. The van der Waals surface area contributed by atoms with Crippen molar-refractivity contribution in [2.24, 2.45) is 11.7 Å². The zero-order valence-electron chi connectivity index (χ0n) is 10.8. The van der Waals surface area contributed by atoms with E-state index >= 15 is 0 Å². The first-order valence-electron chi connectivity index (χ1n) is 7.11. The fourth-order valence-corrected chi connectivity index (χ4v) is 3.15. The molecule has 0 spiro atoms. The quantitative estimate of drug-likeness (QED) is 0.873. The van der Waals surface area contributed by atoms with Gasteiger partial charge in [-0.05, 0) is 38.1 Å². The van der Waals surface area contributed by atoms with Crippen LogP contribution in [0, 0.1) is 5.92 Å². The normalized spacial score (nSPS) is 27.4. The standard InChI is InChI=1S/C13H22N4O/c14-8-10-4-3-5-11(10)18-9-13-16-15-12-6-1-2-7-17(12)13/h10-11H,1-9,14H2. The van der Waals surface area contributed by atoms with Crippen molar-refractivity contribution in [2.75, 3.05) is 6.54 Å². The number of rotatable bonds is 4. The maximum absolute atomic E-state index is 6.01. The molecule has 5 nitrogen and oxygen atoms in total. The minimum Gasteiger partial charge on any atom is -0.370 e. The smallest absolute Gasteiger partial charge is 0.159 e. The van der Waals surface area contributed by atoms with Crippen molar-refractivity contribution in [1.82, 2.24) is 14.8 Å². The van der Waals surface area contributed by atoms with Gasteiger partial charge in [0.05, 0.1) is 6.10 Å². The van der Waals surface area contributed by atoms with E-state index in [0.717, 1.165) is 37.6 Å². The summed E-state index contributed by atoms with van der Waals surface area (Å²) in [5, 5.41) is 8.52. The molecule has 0 bridgehead atoms. The second-order valence-corrected chi connectivity index (χ2v) is 5.42. The lowest BCUT2D eigenvalue weighted by Crippen LogP contribution is -2.26. The van der Waals surface area contributed by atoms with Crippen LogP contribution in [-0.4, -0.2) is 27.4 Å². The van der Waals surface area contributed by atoms with E-state index in [1.54, 1.807) is 0 Å². The van der Waals surface area contributed by atoms with Crippen LogP contribution in [0.4, 0.5) is 0 Å². The van der Waals surface area contributed by atoms with Crippen LogP contribution in [0.15, 0.2) is 0 Å². The van der Waals surface area contributed by atoms with Crippen molar-refractivity contribution >= 4 is 0 Å². The predicted octanol–water partition coefficient (Wildman–Crippen LogP) is 1.26. The van der Waals surface area contributed by atoms with E-state index in [4.69, 9.17) is 10.5 Å². The van der Waals surface area contributed by atoms with Gasteiger partial charge >= 0.3 is 0 Å². The average molecular weight is 250 g/mol. The lowest BCUT2D eigenvalue weighted by atomic mass is 10.1. The molecular weight excluding hydrogens is 228 g/mol. The number of hydrogen-bond donors (Lipinski definition) is 1. The van der Waals surface area contributed by atoms with E-state index in [2.05, 4.69) is 14.8 Å². The summed E-state index contributed by atoms with van der Waals surface area (Å²) in [7, 11) is 0. The highest BCUT2D eigenvalue weighted by Crippen LogP contribution is 2.28. The van der Waals surface area contributed by atoms with E-state index in [9.17, 15) is 0 Å². The fourth-order valence-electron chi connectivity index (χ4n) is 3.15. The van der Waals surface area contributed by atoms with Gasteiger partial charge < -0.3 is 15.0 Å². The van der Waals surface area contributed by atoms with Gasteiger partial charge in [-0.1, -0.05) is 6.42 Å². The first kappa shape index (κ1) is 12.1. The summed E-state index contributed by atoms with van der Waals surface area (Å²) in [4.78, 5) is 0. The summed E-state index contributed by atoms with van der Waals surface area (Å²) in [6.07, 6.45) is 7.43. The van der Waals surface area contributed by atoms with Gasteiger partial charge in [-0.3, -0.25) is 0 Å². The van der Waals surface area contributed by atoms with Gasteiger partial charge in [-0.25, -0.2) is 0 Å². The monoisotopic (exact) mass is 250 g/mol. The van der Waals surface area contributed by atoms with Gasteiger partial charge in [0, 0.05) is 13.0 Å². The Kier molecular flexibility index (Phi) is 3.61. The topological polar surface area (TPSA) is 66.0 Å². The van der Waals surface area contributed by atoms with Crippen LogP contribution < -0.4 is 5.73 Å². The van der Waals surface area contributed by atoms with E-state index in [1.807, 2.05) is 0 Å². The Bertz CT molecular complexity index is 404. The number of hydrogen-bond acceptors (Lipinski definition) is 4. The predicted molar refractivity (Wildman–Crippen MR) is 67.9 cm³/mol. The molecule has 2 aliphatic rings. The maximum atomic E-state index is 6.01. The van der Waals surface area contributed by atoms with Crippen LogP contribution in [-0.2, 0) is 24.3 Å². The summed E-state index contributed by atoms with van der Waals surface area (Å²) in [5.74, 6) is 2.66. The van der Waals surface area contributed by atoms with Crippen molar-refractivity contribution in [1.29, 1.82) is 0 Å². The Hall–Kier alpha value is -0.940. The number of fused-ring (bicyclic) bond motifs is 1. The summed E-state index contributed by atoms with van der Waals surface area (Å²) < 4.78 is 8.25. The number of aryl methyl sites for hydroxylation is 1. The maximum Gasteiger partial charge on any atom is 0.159 e. The molecule has 1 saturated carbocycles. The first-order valence-corrected chi connectivity index (χ1v) is 7.11. The van der Waals surface area contributed by atoms with Crippen LogP contribution in [0.3, 0.4) is 0 Å². The molecule has 2 atom stereocenters. The largest absolute Gasteiger partial charge is 0.370 e. The molecule has 1 aromatic rings. The molecule has 100 valence electrons. The second-order valence-electron chi connectivity index (χ2n) is 5.42. The molecule has 0 radical (unpaired) electrons. The van der Waals surface area contributed by atoms with Crippen LogP contribution in [0.5, 0.6) is 0 Å². The molecule has 0 aromatic carbocycles. The van der Waals surface area contributed by atoms with Gasteiger partial charge in [0.1, 0.15) is 12.4 Å². The van der Waals surface area contributed by atoms with Crippen LogP contribution in [0.25, 0.3) is 0 Å². The Balaban J connectivity index is 1.61. The third-order valence-electron chi connectivity index (χ3n) is 4.25. The van der Waals surface area contributed by atoms with Gasteiger partial charge in [-0.2, -0.15) is 0 Å². The van der Waals surface area contributed by atoms with Gasteiger partial charge in [0.2, 0.25) is 0 Å². The summed E-state index contributed by atoms with van der Waals surface area (Å²) in [6.45, 7) is 2.38. The minimum absolute atomic E-state index is 0.326. The molecule has 2 heterocycles. The average Bonchev–Trinajstić information content (AvgIpc) is 3.02. The van der Waals surface area contributed by atoms with Crippen LogP contribution in [0.2, 0.25) is 0 Å². The molecule has 1 aromatic heterocycles. The van der Waals surface area contributed by atoms with Gasteiger partial charge in [0.15, 0.2) is 5.82 Å². The first-order chi connectivity index (χ1) is 8.88. The Labute approximate surface area is 108 Å². The molecule has 18 heavy (non-hydrogen) atoms. The number of nitrogens with two attached hydrogens (primary N) is 1. The molecule has 2 unspecified atom stereocenters. The summed E-state index contributed by atoms with van der Waals surface area (Å²) in [6, 6.07) is 0. The third kappa shape index (κ3) is 2.29. The lowest BCUT2D eigenvalue weighted by Gasteiger charge is -2.19. The zero-order valence-corrected chi connectivity index (χ0v) is 10.8. The Morgan fingerprint density at radius 1 is 1.22 bits per heavy atom. The molecular formula is C13H22N4O. The van der Waals surface area contributed by atoms with Crippen molar-refractivity contribution in [3.05, 3.63) is 11.6 Å². The molecule has 1 aliphatic heterocycles. The lowest BCUT2D eigenvalue weighted by molar-refractivity contribution is 0.0131. The fraction of sp³-hybridized carbons (Fsp3) is 0.846. The number of nitrogens with zero attached hydrogens (tertiary/aromatic N) is 3. The highest BCUT2D eigenvalue weighted by molar-refractivity contribution is 4.98. The third-order valence-corrected chi connectivity index (χ3v) is 4.25. The minimum atomic E-state index is 0.326. The van der Waals surface area contributed by atoms with Crippen molar-refractivity contribution in [3.8, 4) is 0 Å². The van der Waals surface area contributed by atoms with Crippen molar-refractivity contribution < 1.29 is 4.74 Å². The molecule has 0 amide bonds. The second kappa shape index (κ2) is 5.36. The molecule has 2 N–H and O–H groups in total. The molecule has 3 rings (SSSR count).